The van der Waals surface area contributed by atoms with E-state index in [0.29, 0.717) is 0 Å². The average molecular weight is 371 g/mol. The minimum atomic E-state index is -3.82. The molecular formula is C18H17N3O4S. The first kappa shape index (κ1) is 17.7. The Labute approximate surface area is 151 Å². The molecule has 0 unspecified atom stereocenters. The Hall–Kier alpha value is -3.13. The lowest BCUT2D eigenvalue weighted by Gasteiger charge is -2.11. The summed E-state index contributed by atoms with van der Waals surface area (Å²) in [4.78, 5) is 7.98. The lowest BCUT2D eigenvalue weighted by Crippen LogP contribution is -2.14. The summed E-state index contributed by atoms with van der Waals surface area (Å²) in [5.74, 6) is 0.0707. The van der Waals surface area contributed by atoms with Crippen molar-refractivity contribution in [3.63, 3.8) is 0 Å². The Morgan fingerprint density at radius 3 is 2.15 bits per heavy atom. The van der Waals surface area contributed by atoms with Gasteiger partial charge in [0.25, 0.3) is 10.0 Å². The molecule has 0 aliphatic carbocycles. The van der Waals surface area contributed by atoms with Crippen LogP contribution in [0.1, 0.15) is 0 Å². The van der Waals surface area contributed by atoms with E-state index in [1.165, 1.54) is 20.4 Å². The fourth-order valence-electron chi connectivity index (χ4n) is 2.34. The molecule has 0 spiro atoms. The molecular weight excluding hydrogens is 354 g/mol. The van der Waals surface area contributed by atoms with Crippen LogP contribution in [0.4, 0.5) is 5.69 Å². The zero-order valence-corrected chi connectivity index (χ0v) is 15.0. The van der Waals surface area contributed by atoms with Crippen molar-refractivity contribution in [1.29, 1.82) is 0 Å². The molecule has 3 aromatic rings. The van der Waals surface area contributed by atoms with E-state index in [9.17, 15) is 8.42 Å². The van der Waals surface area contributed by atoms with Gasteiger partial charge in [0.05, 0.1) is 25.3 Å². The SMILES string of the molecule is COc1ncc(NS(=O)(=O)c2ccc(-c3ccccc3)cc2)c(OC)n1. The highest BCUT2D eigenvalue weighted by Crippen LogP contribution is 2.26. The zero-order valence-electron chi connectivity index (χ0n) is 14.2. The molecule has 0 bridgehead atoms. The van der Waals surface area contributed by atoms with Gasteiger partial charge in [-0.2, -0.15) is 4.98 Å². The van der Waals surface area contributed by atoms with Crippen LogP contribution in [0.2, 0.25) is 0 Å². The van der Waals surface area contributed by atoms with E-state index >= 15 is 0 Å². The molecule has 1 aromatic heterocycles. The summed E-state index contributed by atoms with van der Waals surface area (Å²) in [7, 11) is -1.02. The van der Waals surface area contributed by atoms with E-state index in [-0.39, 0.29) is 22.5 Å². The van der Waals surface area contributed by atoms with Crippen LogP contribution >= 0.6 is 0 Å². The molecule has 1 heterocycles. The van der Waals surface area contributed by atoms with E-state index in [2.05, 4.69) is 14.7 Å². The maximum atomic E-state index is 12.6. The molecule has 8 heteroatoms. The number of benzene rings is 2. The first-order valence-corrected chi connectivity index (χ1v) is 9.15. The number of anilines is 1. The van der Waals surface area contributed by atoms with Crippen LogP contribution in [0, 0.1) is 0 Å². The van der Waals surface area contributed by atoms with E-state index < -0.39 is 10.0 Å². The number of ether oxygens (including phenoxy) is 2. The van der Waals surface area contributed by atoms with Gasteiger partial charge in [0, 0.05) is 0 Å². The van der Waals surface area contributed by atoms with Crippen LogP contribution in [-0.4, -0.2) is 32.6 Å². The Kier molecular flexibility index (Phi) is 5.04. The molecule has 0 fully saturated rings. The molecule has 0 atom stereocenters. The number of nitrogens with one attached hydrogen (secondary N) is 1. The van der Waals surface area contributed by atoms with Crippen LogP contribution < -0.4 is 14.2 Å². The molecule has 1 N–H and O–H groups in total. The first-order chi connectivity index (χ1) is 12.5. The van der Waals surface area contributed by atoms with Crippen molar-refractivity contribution in [2.45, 2.75) is 4.90 Å². The van der Waals surface area contributed by atoms with Crippen molar-refractivity contribution in [2.24, 2.45) is 0 Å². The van der Waals surface area contributed by atoms with Crippen LogP contribution in [0.25, 0.3) is 11.1 Å². The predicted octanol–water partition coefficient (Wildman–Crippen LogP) is 2.96. The van der Waals surface area contributed by atoms with Gasteiger partial charge in [0.2, 0.25) is 5.88 Å². The summed E-state index contributed by atoms with van der Waals surface area (Å²) in [6.07, 6.45) is 1.29. The highest BCUT2D eigenvalue weighted by molar-refractivity contribution is 7.92. The monoisotopic (exact) mass is 371 g/mol. The van der Waals surface area contributed by atoms with E-state index in [4.69, 9.17) is 9.47 Å². The maximum absolute atomic E-state index is 12.6. The molecule has 2 aromatic carbocycles. The van der Waals surface area contributed by atoms with Gasteiger partial charge in [-0.05, 0) is 23.3 Å². The summed E-state index contributed by atoms with van der Waals surface area (Å²) in [5.41, 5.74) is 2.06. The molecule has 0 aliphatic heterocycles. The quantitative estimate of drug-likeness (QED) is 0.716. The number of rotatable bonds is 6. The second kappa shape index (κ2) is 7.40. The van der Waals surface area contributed by atoms with Crippen molar-refractivity contribution < 1.29 is 17.9 Å². The van der Waals surface area contributed by atoms with Gasteiger partial charge < -0.3 is 9.47 Å². The fraction of sp³-hybridized carbons (Fsp3) is 0.111. The smallest absolute Gasteiger partial charge is 0.319 e. The molecule has 134 valence electrons. The highest BCUT2D eigenvalue weighted by atomic mass is 32.2. The molecule has 26 heavy (non-hydrogen) atoms. The van der Waals surface area contributed by atoms with Gasteiger partial charge in [-0.25, -0.2) is 13.4 Å². The van der Waals surface area contributed by atoms with E-state index in [0.717, 1.165) is 11.1 Å². The number of hydrogen-bond acceptors (Lipinski definition) is 6. The van der Waals surface area contributed by atoms with Crippen molar-refractivity contribution >= 4 is 15.7 Å². The Morgan fingerprint density at radius 2 is 1.54 bits per heavy atom. The molecule has 0 radical (unpaired) electrons. The lowest BCUT2D eigenvalue weighted by molar-refractivity contribution is 0.353. The Morgan fingerprint density at radius 1 is 0.885 bits per heavy atom. The third-order valence-electron chi connectivity index (χ3n) is 3.62. The topological polar surface area (TPSA) is 90.4 Å². The largest absolute Gasteiger partial charge is 0.479 e. The highest BCUT2D eigenvalue weighted by Gasteiger charge is 2.18. The second-order valence-electron chi connectivity index (χ2n) is 5.28. The first-order valence-electron chi connectivity index (χ1n) is 7.67. The van der Waals surface area contributed by atoms with Crippen LogP contribution in [0.5, 0.6) is 11.9 Å². The standard InChI is InChI=1S/C18H17N3O4S/c1-24-17-16(12-19-18(20-17)25-2)21-26(22,23)15-10-8-14(9-11-15)13-6-4-3-5-7-13/h3-12,21H,1-2H3. The minimum Gasteiger partial charge on any atom is -0.479 e. The molecule has 0 saturated heterocycles. The molecule has 0 aliphatic rings. The van der Waals surface area contributed by atoms with Gasteiger partial charge in [0.1, 0.15) is 5.69 Å². The maximum Gasteiger partial charge on any atom is 0.319 e. The third-order valence-corrected chi connectivity index (χ3v) is 5.01. The third kappa shape index (κ3) is 3.75. The summed E-state index contributed by atoms with van der Waals surface area (Å²) >= 11 is 0. The van der Waals surface area contributed by atoms with Crippen molar-refractivity contribution in [1.82, 2.24) is 9.97 Å². The lowest BCUT2D eigenvalue weighted by atomic mass is 10.1. The summed E-state index contributed by atoms with van der Waals surface area (Å²) in [6.45, 7) is 0. The van der Waals surface area contributed by atoms with Gasteiger partial charge >= 0.3 is 6.01 Å². The van der Waals surface area contributed by atoms with Gasteiger partial charge in [-0.3, -0.25) is 4.72 Å². The molecule has 0 amide bonds. The minimum absolute atomic E-state index is 0.0707. The molecule has 3 rings (SSSR count). The van der Waals surface area contributed by atoms with Crippen LogP contribution in [0.15, 0.2) is 65.7 Å². The Balaban J connectivity index is 1.87. The second-order valence-corrected chi connectivity index (χ2v) is 6.96. The summed E-state index contributed by atoms with van der Waals surface area (Å²) in [5, 5.41) is 0. The van der Waals surface area contributed by atoms with Gasteiger partial charge in [-0.1, -0.05) is 42.5 Å². The van der Waals surface area contributed by atoms with Gasteiger partial charge in [-0.15, -0.1) is 0 Å². The van der Waals surface area contributed by atoms with Crippen LogP contribution in [-0.2, 0) is 10.0 Å². The zero-order chi connectivity index (χ0) is 18.6. The summed E-state index contributed by atoms with van der Waals surface area (Å²) < 4.78 is 37.7. The number of sulfonamides is 1. The van der Waals surface area contributed by atoms with E-state index in [1.807, 2.05) is 30.3 Å². The van der Waals surface area contributed by atoms with Crippen molar-refractivity contribution in [3.8, 4) is 23.0 Å². The number of nitrogens with zero attached hydrogens (tertiary/aromatic N) is 2. The summed E-state index contributed by atoms with van der Waals surface area (Å²) in [6, 6.07) is 16.4. The number of methoxy groups -OCH3 is 2. The predicted molar refractivity (Wildman–Crippen MR) is 97.8 cm³/mol. The molecule has 7 nitrogen and oxygen atoms in total. The fourth-order valence-corrected chi connectivity index (χ4v) is 3.38. The average Bonchev–Trinajstić information content (AvgIpc) is 2.69. The number of hydrogen-bond donors (Lipinski definition) is 1. The van der Waals surface area contributed by atoms with Crippen molar-refractivity contribution in [3.05, 3.63) is 60.8 Å². The molecule has 0 saturated carbocycles. The van der Waals surface area contributed by atoms with Gasteiger partial charge in [0.15, 0.2) is 0 Å². The van der Waals surface area contributed by atoms with Crippen LogP contribution in [0.3, 0.4) is 0 Å². The van der Waals surface area contributed by atoms with Crippen molar-refractivity contribution in [2.75, 3.05) is 18.9 Å². The normalized spacial score (nSPS) is 11.0. The number of aromatic nitrogens is 2. The Bertz CT molecular complexity index is 991. The van der Waals surface area contributed by atoms with E-state index in [1.54, 1.807) is 24.3 Å².